The minimum Gasteiger partial charge on any atom is -0.433 e. The maximum Gasteiger partial charge on any atom is 0.387 e. The highest BCUT2D eigenvalue weighted by Gasteiger charge is 2.10. The predicted molar refractivity (Wildman–Crippen MR) is 64.6 cm³/mol. The Hall–Kier alpha value is -2.24. The molecule has 0 amide bonds. The fourth-order valence-corrected chi connectivity index (χ4v) is 1.52. The summed E-state index contributed by atoms with van der Waals surface area (Å²) in [5.74, 6) is -0.870. The molecule has 0 spiro atoms. The Kier molecular flexibility index (Phi) is 4.22. The predicted octanol–water partition coefficient (Wildman–Crippen LogP) is 3.43. The molecule has 1 N–H and O–H groups in total. The summed E-state index contributed by atoms with van der Waals surface area (Å²) in [6, 6.07) is 8.78. The number of anilines is 1. The maximum absolute atomic E-state index is 13.0. The number of hydrogen-bond acceptors (Lipinski definition) is 3. The van der Waals surface area contributed by atoms with E-state index in [9.17, 15) is 13.2 Å². The van der Waals surface area contributed by atoms with Crippen LogP contribution >= 0.6 is 0 Å². The van der Waals surface area contributed by atoms with Crippen LogP contribution in [0.1, 0.15) is 5.69 Å². The molecule has 1 heterocycles. The van der Waals surface area contributed by atoms with Crippen molar-refractivity contribution in [1.29, 1.82) is 0 Å². The highest BCUT2D eigenvalue weighted by Crippen LogP contribution is 2.27. The third-order valence-corrected chi connectivity index (χ3v) is 2.35. The average molecular weight is 268 g/mol. The summed E-state index contributed by atoms with van der Waals surface area (Å²) >= 11 is 0. The van der Waals surface area contributed by atoms with E-state index in [0.717, 1.165) is 11.8 Å². The number of benzene rings is 1. The minimum absolute atomic E-state index is 0.231. The van der Waals surface area contributed by atoms with Crippen molar-refractivity contribution in [2.75, 3.05) is 5.32 Å². The molecule has 6 heteroatoms. The first-order valence-corrected chi connectivity index (χ1v) is 5.53. The van der Waals surface area contributed by atoms with Gasteiger partial charge in [0.2, 0.25) is 0 Å². The van der Waals surface area contributed by atoms with Gasteiger partial charge in [-0.25, -0.2) is 4.39 Å². The van der Waals surface area contributed by atoms with Crippen LogP contribution in [0.2, 0.25) is 0 Å². The van der Waals surface area contributed by atoms with Crippen LogP contribution in [0.3, 0.4) is 0 Å². The van der Waals surface area contributed by atoms with E-state index >= 15 is 0 Å². The van der Waals surface area contributed by atoms with Crippen LogP contribution in [0.5, 0.6) is 5.75 Å². The van der Waals surface area contributed by atoms with Crippen molar-refractivity contribution < 1.29 is 17.9 Å². The monoisotopic (exact) mass is 268 g/mol. The summed E-state index contributed by atoms with van der Waals surface area (Å²) in [7, 11) is 0. The molecule has 0 bridgehead atoms. The van der Waals surface area contributed by atoms with E-state index in [-0.39, 0.29) is 11.4 Å². The summed E-state index contributed by atoms with van der Waals surface area (Å²) < 4.78 is 41.7. The van der Waals surface area contributed by atoms with Gasteiger partial charge in [0.05, 0.1) is 17.9 Å². The van der Waals surface area contributed by atoms with Crippen molar-refractivity contribution in [2.45, 2.75) is 13.2 Å². The highest BCUT2D eigenvalue weighted by atomic mass is 19.3. The topological polar surface area (TPSA) is 34.2 Å². The molecule has 0 saturated carbocycles. The lowest BCUT2D eigenvalue weighted by molar-refractivity contribution is -0.0495. The molecule has 3 nitrogen and oxygen atoms in total. The van der Waals surface area contributed by atoms with Crippen molar-refractivity contribution in [3.63, 3.8) is 0 Å². The van der Waals surface area contributed by atoms with Crippen molar-refractivity contribution in [3.8, 4) is 5.75 Å². The first-order valence-electron chi connectivity index (χ1n) is 5.53. The quantitative estimate of drug-likeness (QED) is 0.902. The molecule has 100 valence electrons. The Balaban J connectivity index is 2.11. The maximum atomic E-state index is 13.0. The Bertz CT molecular complexity index is 535. The lowest BCUT2D eigenvalue weighted by Crippen LogP contribution is -2.07. The summed E-state index contributed by atoms with van der Waals surface area (Å²) in [5, 5.41) is 2.87. The van der Waals surface area contributed by atoms with E-state index in [1.807, 2.05) is 6.07 Å². The third kappa shape index (κ3) is 3.87. The number of alkyl halides is 2. The van der Waals surface area contributed by atoms with Gasteiger partial charge in [0.25, 0.3) is 0 Å². The second kappa shape index (κ2) is 6.08. The molecular weight excluding hydrogens is 257 g/mol. The molecule has 2 rings (SSSR count). The highest BCUT2D eigenvalue weighted by molar-refractivity contribution is 5.56. The van der Waals surface area contributed by atoms with Gasteiger partial charge in [-0.3, -0.25) is 4.98 Å². The fourth-order valence-electron chi connectivity index (χ4n) is 1.52. The molecule has 0 radical (unpaired) electrons. The summed E-state index contributed by atoms with van der Waals surface area (Å²) in [6.45, 7) is -2.68. The number of nitrogens with one attached hydrogen (secondary N) is 1. The second-order valence-electron chi connectivity index (χ2n) is 3.69. The minimum atomic E-state index is -3.00. The number of pyridine rings is 1. The van der Waals surface area contributed by atoms with E-state index in [2.05, 4.69) is 15.0 Å². The number of ether oxygens (including phenoxy) is 1. The molecule has 0 aliphatic heterocycles. The SMILES string of the molecule is Fc1ccc(NCc2ccccn2)c(OC(F)F)c1. The molecule has 0 aliphatic carbocycles. The van der Waals surface area contributed by atoms with E-state index in [0.29, 0.717) is 6.54 Å². The van der Waals surface area contributed by atoms with Crippen LogP contribution in [0.4, 0.5) is 18.9 Å². The van der Waals surface area contributed by atoms with E-state index < -0.39 is 12.4 Å². The van der Waals surface area contributed by atoms with Gasteiger partial charge in [-0.2, -0.15) is 8.78 Å². The Morgan fingerprint density at radius 3 is 2.74 bits per heavy atom. The zero-order valence-corrected chi connectivity index (χ0v) is 9.82. The Morgan fingerprint density at radius 1 is 1.21 bits per heavy atom. The van der Waals surface area contributed by atoms with Gasteiger partial charge in [-0.05, 0) is 24.3 Å². The van der Waals surface area contributed by atoms with Crippen LogP contribution in [0.15, 0.2) is 42.6 Å². The van der Waals surface area contributed by atoms with E-state index in [4.69, 9.17) is 0 Å². The molecule has 0 saturated heterocycles. The van der Waals surface area contributed by atoms with Gasteiger partial charge in [0.15, 0.2) is 5.75 Å². The number of hydrogen-bond donors (Lipinski definition) is 1. The molecule has 0 fully saturated rings. The average Bonchev–Trinajstić information content (AvgIpc) is 2.38. The lowest BCUT2D eigenvalue weighted by atomic mass is 10.2. The molecule has 1 aromatic carbocycles. The summed E-state index contributed by atoms with van der Waals surface area (Å²) in [5.41, 5.74) is 1.02. The van der Waals surface area contributed by atoms with Crippen molar-refractivity contribution >= 4 is 5.69 Å². The van der Waals surface area contributed by atoms with Crippen LogP contribution < -0.4 is 10.1 Å². The molecule has 0 atom stereocenters. The Labute approximate surface area is 108 Å². The van der Waals surface area contributed by atoms with E-state index in [1.165, 1.54) is 12.1 Å². The second-order valence-corrected chi connectivity index (χ2v) is 3.69. The van der Waals surface area contributed by atoms with Crippen LogP contribution in [0, 0.1) is 5.82 Å². The smallest absolute Gasteiger partial charge is 0.387 e. The van der Waals surface area contributed by atoms with Crippen LogP contribution in [0.25, 0.3) is 0 Å². The first-order chi connectivity index (χ1) is 9.15. The lowest BCUT2D eigenvalue weighted by Gasteiger charge is -2.12. The molecule has 19 heavy (non-hydrogen) atoms. The van der Waals surface area contributed by atoms with Gasteiger partial charge >= 0.3 is 6.61 Å². The normalized spacial score (nSPS) is 10.5. The van der Waals surface area contributed by atoms with Gasteiger partial charge in [0.1, 0.15) is 5.82 Å². The summed E-state index contributed by atoms with van der Waals surface area (Å²) in [6.07, 6.45) is 1.62. The molecule has 1 aromatic heterocycles. The number of nitrogens with zero attached hydrogens (tertiary/aromatic N) is 1. The fraction of sp³-hybridized carbons (Fsp3) is 0.154. The number of halogens is 3. The zero-order chi connectivity index (χ0) is 13.7. The number of rotatable bonds is 5. The largest absolute Gasteiger partial charge is 0.433 e. The molecule has 0 unspecified atom stereocenters. The summed E-state index contributed by atoms with van der Waals surface area (Å²) in [4.78, 5) is 4.08. The van der Waals surface area contributed by atoms with Gasteiger partial charge in [0, 0.05) is 12.3 Å². The Morgan fingerprint density at radius 2 is 2.05 bits per heavy atom. The van der Waals surface area contributed by atoms with Gasteiger partial charge in [-0.1, -0.05) is 6.07 Å². The van der Waals surface area contributed by atoms with E-state index in [1.54, 1.807) is 18.3 Å². The van der Waals surface area contributed by atoms with Gasteiger partial charge in [-0.15, -0.1) is 0 Å². The first kappa shape index (κ1) is 13.2. The van der Waals surface area contributed by atoms with Crippen molar-refractivity contribution in [1.82, 2.24) is 4.98 Å². The third-order valence-electron chi connectivity index (χ3n) is 2.35. The van der Waals surface area contributed by atoms with Crippen molar-refractivity contribution in [2.24, 2.45) is 0 Å². The van der Waals surface area contributed by atoms with Crippen molar-refractivity contribution in [3.05, 3.63) is 54.1 Å². The number of aromatic nitrogens is 1. The zero-order valence-electron chi connectivity index (χ0n) is 9.82. The molecular formula is C13H11F3N2O. The van der Waals surface area contributed by atoms with Crippen LogP contribution in [-0.4, -0.2) is 11.6 Å². The molecule has 2 aromatic rings. The molecule has 0 aliphatic rings. The van der Waals surface area contributed by atoms with Gasteiger partial charge < -0.3 is 10.1 Å². The van der Waals surface area contributed by atoms with Crippen LogP contribution in [-0.2, 0) is 6.54 Å². The standard InChI is InChI=1S/C13H11F3N2O/c14-9-4-5-11(12(7-9)19-13(15)16)18-8-10-3-1-2-6-17-10/h1-7,13,18H,8H2.